The van der Waals surface area contributed by atoms with Crippen molar-refractivity contribution in [3.63, 3.8) is 0 Å². The monoisotopic (exact) mass is 722 g/mol. The van der Waals surface area contributed by atoms with Crippen molar-refractivity contribution in [1.82, 2.24) is 18.5 Å². The van der Waals surface area contributed by atoms with Crippen LogP contribution in [-0.4, -0.2) is 54.4 Å². The van der Waals surface area contributed by atoms with Crippen molar-refractivity contribution >= 4 is 67.0 Å². The molecule has 0 atom stereocenters. The second kappa shape index (κ2) is 16.7. The first-order chi connectivity index (χ1) is 22.9. The van der Waals surface area contributed by atoms with Gasteiger partial charge in [0.1, 0.15) is 33.5 Å². The van der Waals surface area contributed by atoms with E-state index in [9.17, 15) is 27.7 Å². The number of phenols is 1. The van der Waals surface area contributed by atoms with Crippen LogP contribution in [0.5, 0.6) is 17.2 Å². The molecule has 51 heavy (non-hydrogen) atoms. The third-order valence-corrected chi connectivity index (χ3v) is 7.74. The number of nitrogens with one attached hydrogen (secondary N) is 1. The average molecular weight is 723 g/mol. The van der Waals surface area contributed by atoms with E-state index >= 15 is 0 Å². The minimum absolute atomic E-state index is 0. The zero-order valence-electron chi connectivity index (χ0n) is 27.1. The summed E-state index contributed by atoms with van der Waals surface area (Å²) in [6, 6.07) is 20.2. The lowest BCUT2D eigenvalue weighted by Crippen LogP contribution is -1.99. The number of rotatable bonds is 11. The molecule has 14 N–H and O–H groups in total. The van der Waals surface area contributed by atoms with E-state index in [0.717, 1.165) is 6.07 Å². The third kappa shape index (κ3) is 9.14. The maximum Gasteiger partial charge on any atom is 0.335 e. The van der Waals surface area contributed by atoms with E-state index in [1.165, 1.54) is 74.9 Å². The van der Waals surface area contributed by atoms with Crippen molar-refractivity contribution in [2.45, 2.75) is 4.90 Å². The molecule has 0 unspecified atom stereocenters. The topological polar surface area (TPSA) is 334 Å². The van der Waals surface area contributed by atoms with Gasteiger partial charge in [0, 0.05) is 28.9 Å². The highest BCUT2D eigenvalue weighted by Crippen LogP contribution is 2.45. The Morgan fingerprint density at radius 2 is 1.16 bits per heavy atom. The van der Waals surface area contributed by atoms with Crippen molar-refractivity contribution in [1.29, 1.82) is 0 Å². The summed E-state index contributed by atoms with van der Waals surface area (Å²) in [5.41, 5.74) is 1.26. The molecule has 5 aromatic rings. The van der Waals surface area contributed by atoms with Gasteiger partial charge in [0.25, 0.3) is 10.1 Å². The van der Waals surface area contributed by atoms with Crippen LogP contribution in [0.3, 0.4) is 0 Å². The summed E-state index contributed by atoms with van der Waals surface area (Å²) in [5.74, 6) is -2.48. The number of hydrogen-bond donors (Lipinski definition) is 8. The molecule has 0 heterocycles. The number of carboxylic acids is 2. The lowest BCUT2D eigenvalue weighted by atomic mass is 10.1. The highest BCUT2D eigenvalue weighted by molar-refractivity contribution is 7.86. The Labute approximate surface area is 290 Å². The van der Waals surface area contributed by atoms with E-state index in [4.69, 9.17) is 19.7 Å². The maximum absolute atomic E-state index is 12.3. The van der Waals surface area contributed by atoms with Crippen molar-refractivity contribution in [3.05, 3.63) is 96.1 Å². The molecular weight excluding hydrogens is 688 g/mol. The van der Waals surface area contributed by atoms with Crippen LogP contribution in [0.1, 0.15) is 20.7 Å². The summed E-state index contributed by atoms with van der Waals surface area (Å²) in [6.45, 7) is 0. The van der Waals surface area contributed by atoms with Gasteiger partial charge in [-0.05, 0) is 72.1 Å². The number of nitrogens with zero attached hydrogens (tertiary/aromatic N) is 4. The summed E-state index contributed by atoms with van der Waals surface area (Å²) >= 11 is 0. The highest BCUT2D eigenvalue weighted by atomic mass is 32.2. The second-order valence-electron chi connectivity index (χ2n) is 9.94. The van der Waals surface area contributed by atoms with Gasteiger partial charge >= 0.3 is 11.9 Å². The van der Waals surface area contributed by atoms with Crippen molar-refractivity contribution in [2.24, 2.45) is 20.5 Å². The molecule has 0 bridgehead atoms. The number of aromatic hydroxyl groups is 1. The molecule has 5 aromatic carbocycles. The first-order valence-corrected chi connectivity index (χ1v) is 15.1. The number of methoxy groups -OCH3 is 2. The van der Waals surface area contributed by atoms with Gasteiger partial charge in [-0.3, -0.25) is 4.55 Å². The predicted octanol–water partition coefficient (Wildman–Crippen LogP) is 8.27. The number of azo groups is 2. The van der Waals surface area contributed by atoms with Crippen LogP contribution >= 0.6 is 0 Å². The van der Waals surface area contributed by atoms with E-state index in [1.54, 1.807) is 18.2 Å². The van der Waals surface area contributed by atoms with Gasteiger partial charge in [-0.25, -0.2) is 9.59 Å². The van der Waals surface area contributed by atoms with Crippen LogP contribution in [0.4, 0.5) is 34.1 Å². The van der Waals surface area contributed by atoms with Crippen molar-refractivity contribution in [2.75, 3.05) is 19.5 Å². The number of aromatic carboxylic acids is 2. The zero-order valence-corrected chi connectivity index (χ0v) is 28.0. The molecule has 0 fully saturated rings. The van der Waals surface area contributed by atoms with Gasteiger partial charge in [-0.2, -0.15) is 13.5 Å². The van der Waals surface area contributed by atoms with Crippen LogP contribution in [0.15, 0.2) is 110 Å². The number of benzene rings is 5. The Morgan fingerprint density at radius 1 is 0.667 bits per heavy atom. The number of fused-ring (bicyclic) bond motifs is 1. The minimum atomic E-state index is -4.89. The number of anilines is 2. The number of hydrogen-bond acceptors (Lipinski definition) is 15. The molecule has 5 rings (SSSR count). The molecule has 0 saturated carbocycles. The molecule has 0 aliphatic heterocycles. The average Bonchev–Trinajstić information content (AvgIpc) is 3.06. The summed E-state index contributed by atoms with van der Waals surface area (Å²) < 4.78 is 45.5. The van der Waals surface area contributed by atoms with Gasteiger partial charge in [-0.1, -0.05) is 6.07 Å². The standard InChI is InChI=1S/C32H25N5O10S.3H3N/c1-46-26-16-25(27(47-2)15-24(26)35-34-21-10-5-18(6-11-21)32(41)42)36-37-29-28(48(43,44)45)13-19-7-12-22(14-23(19)30(29)38)33-20-8-3-17(4-9-20)31(39)40;;;/h3-16,33,38H,1-2H3,(H,39,40)(H,41,42)(H,43,44,45);3*1H3. The zero-order chi connectivity index (χ0) is 34.6. The third-order valence-electron chi connectivity index (χ3n) is 6.88. The Kier molecular flexibility index (Phi) is 13.3. The first kappa shape index (κ1) is 40.7. The SMILES string of the molecule is COc1cc(N=Nc2c(S(=O)(=O)O)cc3ccc(Nc4ccc(C(=O)O)cc4)cc3c2O)c(OC)cc1N=Nc1ccc(C(=O)O)cc1.N.N.N. The van der Waals surface area contributed by atoms with Gasteiger partial charge in [0.2, 0.25) is 0 Å². The van der Waals surface area contributed by atoms with Gasteiger partial charge in [0.15, 0.2) is 5.75 Å². The number of carbonyl (C=O) groups is 2. The summed E-state index contributed by atoms with van der Waals surface area (Å²) in [6.07, 6.45) is 0. The maximum atomic E-state index is 12.3. The van der Waals surface area contributed by atoms with Crippen LogP contribution in [0, 0.1) is 0 Å². The molecule has 0 aliphatic rings. The van der Waals surface area contributed by atoms with Gasteiger partial charge in [0.05, 0.1) is 31.0 Å². The molecule has 0 radical (unpaired) electrons. The quantitative estimate of drug-likeness (QED) is 0.0470. The predicted molar refractivity (Wildman–Crippen MR) is 188 cm³/mol. The van der Waals surface area contributed by atoms with E-state index in [1.807, 2.05) is 0 Å². The molecule has 19 heteroatoms. The number of ether oxygens (including phenoxy) is 2. The molecule has 0 saturated heterocycles. The van der Waals surface area contributed by atoms with Crippen LogP contribution in [0.25, 0.3) is 10.8 Å². The normalized spacial score (nSPS) is 11.0. The fourth-order valence-electron chi connectivity index (χ4n) is 4.48. The Balaban J connectivity index is 0.00000300. The molecule has 268 valence electrons. The first-order valence-electron chi connectivity index (χ1n) is 13.7. The van der Waals surface area contributed by atoms with Crippen molar-refractivity contribution < 1.29 is 47.4 Å². The summed E-state index contributed by atoms with van der Waals surface area (Å²) in [7, 11) is -2.19. The fraction of sp³-hybridized carbons (Fsp3) is 0.0625. The van der Waals surface area contributed by atoms with Gasteiger partial charge in [-0.15, -0.1) is 15.3 Å². The Hall–Kier alpha value is -6.51. The summed E-state index contributed by atoms with van der Waals surface area (Å²) in [5, 5.41) is 49.2. The van der Waals surface area contributed by atoms with Crippen LogP contribution in [0.2, 0.25) is 0 Å². The van der Waals surface area contributed by atoms with Crippen molar-refractivity contribution in [3.8, 4) is 17.2 Å². The lowest BCUT2D eigenvalue weighted by molar-refractivity contribution is 0.0686. The van der Waals surface area contributed by atoms with E-state index in [0.29, 0.717) is 17.1 Å². The van der Waals surface area contributed by atoms with E-state index in [2.05, 4.69) is 25.8 Å². The summed E-state index contributed by atoms with van der Waals surface area (Å²) in [4.78, 5) is 21.5. The smallest absolute Gasteiger partial charge is 0.335 e. The number of phenolic OH excluding ortho intramolecular Hbond substituents is 1. The van der Waals surface area contributed by atoms with Crippen LogP contribution < -0.4 is 33.2 Å². The van der Waals surface area contributed by atoms with E-state index in [-0.39, 0.29) is 63.2 Å². The lowest BCUT2D eigenvalue weighted by Gasteiger charge is -2.12. The molecule has 0 spiro atoms. The number of carboxylic acid groups (broad SMARTS) is 2. The Morgan fingerprint density at radius 3 is 1.65 bits per heavy atom. The van der Waals surface area contributed by atoms with E-state index < -0.39 is 38.4 Å². The molecular formula is C32H34N8O10S. The largest absolute Gasteiger partial charge is 0.505 e. The van der Waals surface area contributed by atoms with Gasteiger partial charge < -0.3 is 48.6 Å². The fourth-order valence-corrected chi connectivity index (χ4v) is 5.14. The Bertz CT molecular complexity index is 2230. The molecule has 18 nitrogen and oxygen atoms in total. The minimum Gasteiger partial charge on any atom is -0.505 e. The molecule has 0 aliphatic carbocycles. The highest BCUT2D eigenvalue weighted by Gasteiger charge is 2.23. The molecule has 0 amide bonds. The molecule has 0 aromatic heterocycles. The van der Waals surface area contributed by atoms with Crippen LogP contribution in [-0.2, 0) is 10.1 Å². The second-order valence-corrected chi connectivity index (χ2v) is 11.3.